The molecule has 0 aliphatic carbocycles. The quantitative estimate of drug-likeness (QED) is 0.271. The number of benzene rings is 4. The Bertz CT molecular complexity index is 1660. The van der Waals surface area contributed by atoms with Crippen LogP contribution in [0.1, 0.15) is 26.6 Å². The fraction of sp³-hybridized carbons (Fsp3) is 0.129. The van der Waals surface area contributed by atoms with Gasteiger partial charge in [0.2, 0.25) is 0 Å². The lowest BCUT2D eigenvalue weighted by Gasteiger charge is -2.18. The fourth-order valence-corrected chi connectivity index (χ4v) is 4.36. The zero-order chi connectivity index (χ0) is 24.0. The first-order valence-corrected chi connectivity index (χ1v) is 11.8. The molecule has 2 aromatic heterocycles. The zero-order valence-electron chi connectivity index (χ0n) is 20.0. The number of furan rings is 1. The van der Waals surface area contributed by atoms with E-state index in [9.17, 15) is 0 Å². The second-order valence-electron chi connectivity index (χ2n) is 9.78. The molecule has 0 spiro atoms. The van der Waals surface area contributed by atoms with Crippen LogP contribution >= 0.6 is 0 Å². The molecule has 170 valence electrons. The molecule has 6 rings (SSSR count). The zero-order valence-corrected chi connectivity index (χ0v) is 20.0. The molecular weight excluding hydrogens is 430 g/mol. The topological polar surface area (TPSA) is 51.8 Å². The Morgan fingerprint density at radius 3 is 1.94 bits per heavy atom. The van der Waals surface area contributed by atoms with Gasteiger partial charge >= 0.3 is 0 Å². The largest absolute Gasteiger partial charge is 0.456 e. The van der Waals surface area contributed by atoms with Crippen LogP contribution in [0.25, 0.3) is 55.8 Å². The average molecular weight is 456 g/mol. The van der Waals surface area contributed by atoms with E-state index < -0.39 is 0 Å². The van der Waals surface area contributed by atoms with E-state index in [1.807, 2.05) is 36.4 Å². The average Bonchev–Trinajstić information content (AvgIpc) is 3.27. The number of hydrogen-bond acceptors (Lipinski definition) is 4. The van der Waals surface area contributed by atoms with Crippen LogP contribution in [0.3, 0.4) is 0 Å². The highest BCUT2D eigenvalue weighted by atomic mass is 16.3. The molecule has 0 unspecified atom stereocenters. The second-order valence-corrected chi connectivity index (χ2v) is 9.78. The third-order valence-electron chi connectivity index (χ3n) is 6.20. The molecule has 0 saturated heterocycles. The van der Waals surface area contributed by atoms with E-state index >= 15 is 0 Å². The number of hydrogen-bond donors (Lipinski definition) is 0. The van der Waals surface area contributed by atoms with Crippen LogP contribution < -0.4 is 0 Å². The number of para-hydroxylation sites is 1. The van der Waals surface area contributed by atoms with E-state index in [2.05, 4.69) is 81.4 Å². The van der Waals surface area contributed by atoms with Crippen LogP contribution in [-0.2, 0) is 5.41 Å². The summed E-state index contributed by atoms with van der Waals surface area (Å²) in [4.78, 5) is 14.8. The van der Waals surface area contributed by atoms with E-state index in [-0.39, 0.29) is 5.41 Å². The highest BCUT2D eigenvalue weighted by molar-refractivity contribution is 6.11. The smallest absolute Gasteiger partial charge is 0.164 e. The fourth-order valence-electron chi connectivity index (χ4n) is 4.36. The number of aromatic nitrogens is 3. The van der Waals surface area contributed by atoms with E-state index in [1.54, 1.807) is 0 Å². The van der Waals surface area contributed by atoms with E-state index in [0.29, 0.717) is 11.6 Å². The number of fused-ring (bicyclic) bond motifs is 3. The van der Waals surface area contributed by atoms with Crippen LogP contribution in [-0.4, -0.2) is 15.0 Å². The molecule has 0 amide bonds. The molecule has 0 N–H and O–H groups in total. The minimum Gasteiger partial charge on any atom is -0.456 e. The van der Waals surface area contributed by atoms with Gasteiger partial charge in [0.1, 0.15) is 17.0 Å². The van der Waals surface area contributed by atoms with Crippen molar-refractivity contribution in [2.75, 3.05) is 0 Å². The molecule has 4 nitrogen and oxygen atoms in total. The molecule has 0 fully saturated rings. The summed E-state index contributed by atoms with van der Waals surface area (Å²) in [6.07, 6.45) is 0. The van der Waals surface area contributed by atoms with Gasteiger partial charge in [-0.25, -0.2) is 15.0 Å². The molecule has 0 aliphatic rings. The van der Waals surface area contributed by atoms with Gasteiger partial charge in [0.05, 0.1) is 0 Å². The summed E-state index contributed by atoms with van der Waals surface area (Å²) < 4.78 is 6.11. The van der Waals surface area contributed by atoms with Gasteiger partial charge in [-0.3, -0.25) is 0 Å². The highest BCUT2D eigenvalue weighted by Gasteiger charge is 2.22. The van der Waals surface area contributed by atoms with Gasteiger partial charge in [0.15, 0.2) is 11.6 Å². The number of rotatable bonds is 3. The Hall–Kier alpha value is -4.31. The summed E-state index contributed by atoms with van der Waals surface area (Å²) in [6, 6.07) is 32.9. The van der Waals surface area contributed by atoms with Crippen molar-refractivity contribution in [3.63, 3.8) is 0 Å². The van der Waals surface area contributed by atoms with Crippen molar-refractivity contribution >= 4 is 21.9 Å². The van der Waals surface area contributed by atoms with Crippen LogP contribution in [0.2, 0.25) is 0 Å². The first kappa shape index (κ1) is 21.2. The first-order valence-electron chi connectivity index (χ1n) is 11.8. The van der Waals surface area contributed by atoms with Gasteiger partial charge in [-0.05, 0) is 23.3 Å². The lowest BCUT2D eigenvalue weighted by molar-refractivity contribution is 0.543. The van der Waals surface area contributed by atoms with Crippen LogP contribution in [0.5, 0.6) is 0 Å². The minimum absolute atomic E-state index is 0.233. The van der Waals surface area contributed by atoms with Crippen molar-refractivity contribution in [3.05, 3.63) is 103 Å². The molecule has 0 radical (unpaired) electrons. The maximum atomic E-state index is 6.11. The lowest BCUT2D eigenvalue weighted by atomic mass is 9.95. The Labute approximate surface area is 204 Å². The molecule has 6 aromatic rings. The van der Waals surface area contributed by atoms with Gasteiger partial charge in [0, 0.05) is 27.3 Å². The van der Waals surface area contributed by atoms with Crippen molar-refractivity contribution in [2.45, 2.75) is 26.2 Å². The second kappa shape index (κ2) is 8.17. The van der Waals surface area contributed by atoms with E-state index in [1.165, 1.54) is 5.56 Å². The van der Waals surface area contributed by atoms with Gasteiger partial charge in [-0.2, -0.15) is 0 Å². The molecule has 4 heteroatoms. The predicted octanol–water partition coefficient (Wildman–Crippen LogP) is 8.07. The summed E-state index contributed by atoms with van der Waals surface area (Å²) in [5.41, 5.74) is 5.71. The normalized spacial score (nSPS) is 11.9. The van der Waals surface area contributed by atoms with Gasteiger partial charge in [-0.1, -0.05) is 106 Å². The molecule has 35 heavy (non-hydrogen) atoms. The molecular formula is C31H25N3O. The van der Waals surface area contributed by atoms with Crippen molar-refractivity contribution in [2.24, 2.45) is 0 Å². The summed E-state index contributed by atoms with van der Waals surface area (Å²) >= 11 is 0. The highest BCUT2D eigenvalue weighted by Crippen LogP contribution is 2.36. The van der Waals surface area contributed by atoms with Crippen molar-refractivity contribution in [1.29, 1.82) is 0 Å². The van der Waals surface area contributed by atoms with Crippen LogP contribution in [0.4, 0.5) is 0 Å². The minimum atomic E-state index is -0.233. The third kappa shape index (κ3) is 3.87. The van der Waals surface area contributed by atoms with Crippen LogP contribution in [0, 0.1) is 0 Å². The Morgan fingerprint density at radius 1 is 0.543 bits per heavy atom. The van der Waals surface area contributed by atoms with Crippen molar-refractivity contribution in [3.8, 4) is 33.9 Å². The third-order valence-corrected chi connectivity index (χ3v) is 6.20. The summed E-state index contributed by atoms with van der Waals surface area (Å²) in [7, 11) is 0. The summed E-state index contributed by atoms with van der Waals surface area (Å²) in [5.74, 6) is 2.09. The molecule has 0 atom stereocenters. The Morgan fingerprint density at radius 2 is 1.17 bits per heavy atom. The Balaban J connectivity index is 1.53. The Kier molecular flexibility index (Phi) is 4.96. The van der Waals surface area contributed by atoms with Gasteiger partial charge in [0.25, 0.3) is 0 Å². The van der Waals surface area contributed by atoms with E-state index in [4.69, 9.17) is 19.4 Å². The first-order chi connectivity index (χ1) is 17.0. The van der Waals surface area contributed by atoms with Gasteiger partial charge in [-0.15, -0.1) is 0 Å². The maximum absolute atomic E-state index is 6.11. The molecule has 0 aliphatic heterocycles. The molecule has 4 aromatic carbocycles. The van der Waals surface area contributed by atoms with Crippen LogP contribution in [0.15, 0.2) is 101 Å². The predicted molar refractivity (Wildman–Crippen MR) is 142 cm³/mol. The SMILES string of the molecule is CC(C)(C)c1nc(-c2ccc(-c3ccccc3)cc2)nc(-c2cccc3oc4ccccc4c23)n1. The molecule has 0 bridgehead atoms. The van der Waals surface area contributed by atoms with Crippen molar-refractivity contribution < 1.29 is 4.42 Å². The van der Waals surface area contributed by atoms with Gasteiger partial charge < -0.3 is 4.42 Å². The standard InChI is InChI=1S/C31H25N3O/c1-31(2,3)30-33-28(22-18-16-21(17-19-22)20-10-5-4-6-11-20)32-29(34-30)24-13-9-15-26-27(24)23-12-7-8-14-25(23)35-26/h4-19H,1-3H3. The van der Waals surface area contributed by atoms with Crippen molar-refractivity contribution in [1.82, 2.24) is 15.0 Å². The summed E-state index contributed by atoms with van der Waals surface area (Å²) in [5, 5.41) is 2.09. The molecule has 2 heterocycles. The van der Waals surface area contributed by atoms with E-state index in [0.717, 1.165) is 44.5 Å². The monoisotopic (exact) mass is 455 g/mol. The lowest BCUT2D eigenvalue weighted by Crippen LogP contribution is -2.18. The molecule has 0 saturated carbocycles. The summed E-state index contributed by atoms with van der Waals surface area (Å²) in [6.45, 7) is 6.38. The maximum Gasteiger partial charge on any atom is 0.164 e. The number of nitrogens with zero attached hydrogens (tertiary/aromatic N) is 3.